The number of aromatic hydroxyl groups is 1. The molecule has 28 heavy (non-hydrogen) atoms. The molecule has 2 aromatic carbocycles. The van der Waals surface area contributed by atoms with Gasteiger partial charge in [-0.15, -0.1) is 0 Å². The van der Waals surface area contributed by atoms with Crippen molar-refractivity contribution >= 4 is 5.91 Å². The summed E-state index contributed by atoms with van der Waals surface area (Å²) in [5.41, 5.74) is 2.22. The maximum atomic E-state index is 13.2. The second kappa shape index (κ2) is 8.27. The molecule has 3 aromatic rings. The summed E-state index contributed by atoms with van der Waals surface area (Å²) < 4.78 is 7.49. The Morgan fingerprint density at radius 2 is 2.00 bits per heavy atom. The van der Waals surface area contributed by atoms with E-state index < -0.39 is 0 Å². The van der Waals surface area contributed by atoms with Crippen molar-refractivity contribution < 1.29 is 14.6 Å². The number of hydrogen-bond acceptors (Lipinski definition) is 4. The lowest BCUT2D eigenvalue weighted by Gasteiger charge is -2.26. The van der Waals surface area contributed by atoms with E-state index in [0.717, 1.165) is 30.7 Å². The van der Waals surface area contributed by atoms with Crippen LogP contribution in [0.25, 0.3) is 5.69 Å². The number of phenolic OH excluding ortho intramolecular Hbond substituents is 1. The van der Waals surface area contributed by atoms with Crippen molar-refractivity contribution in [3.8, 4) is 11.4 Å². The first-order chi connectivity index (χ1) is 13.7. The van der Waals surface area contributed by atoms with Gasteiger partial charge in [-0.2, -0.15) is 5.10 Å². The smallest absolute Gasteiger partial charge is 0.254 e. The van der Waals surface area contributed by atoms with Crippen LogP contribution >= 0.6 is 0 Å². The number of rotatable bonds is 6. The summed E-state index contributed by atoms with van der Waals surface area (Å²) in [5.74, 6) is 0.118. The lowest BCUT2D eigenvalue weighted by atomic mass is 10.1. The Bertz CT molecular complexity index is 916. The van der Waals surface area contributed by atoms with Crippen molar-refractivity contribution in [1.82, 2.24) is 14.7 Å². The number of carbonyl (C=O) groups excluding carboxylic acids is 1. The molecule has 6 nitrogen and oxygen atoms in total. The van der Waals surface area contributed by atoms with Crippen molar-refractivity contribution in [2.75, 3.05) is 13.2 Å². The second-order valence-electron chi connectivity index (χ2n) is 6.95. The number of amides is 1. The minimum Gasteiger partial charge on any atom is -0.508 e. The van der Waals surface area contributed by atoms with Gasteiger partial charge in [0.15, 0.2) is 0 Å². The number of benzene rings is 2. The number of nitrogens with zero attached hydrogens (tertiary/aromatic N) is 3. The topological polar surface area (TPSA) is 67.6 Å². The molecule has 1 aliphatic rings. The zero-order chi connectivity index (χ0) is 19.3. The third kappa shape index (κ3) is 4.07. The Morgan fingerprint density at radius 1 is 1.18 bits per heavy atom. The average Bonchev–Trinajstić information content (AvgIpc) is 3.43. The molecule has 0 saturated carbocycles. The van der Waals surface area contributed by atoms with E-state index in [9.17, 15) is 9.90 Å². The summed E-state index contributed by atoms with van der Waals surface area (Å²) in [7, 11) is 0. The highest BCUT2D eigenvalue weighted by Crippen LogP contribution is 2.22. The van der Waals surface area contributed by atoms with Crippen LogP contribution in [-0.4, -0.2) is 44.9 Å². The minimum atomic E-state index is -0.0780. The Kier molecular flexibility index (Phi) is 5.39. The van der Waals surface area contributed by atoms with Crippen LogP contribution in [0.4, 0.5) is 0 Å². The number of aromatic nitrogens is 2. The van der Waals surface area contributed by atoms with E-state index >= 15 is 0 Å². The fraction of sp³-hybridized carbons (Fsp3) is 0.273. The van der Waals surface area contributed by atoms with E-state index in [2.05, 4.69) is 5.10 Å². The maximum Gasteiger partial charge on any atom is 0.254 e. The molecule has 0 radical (unpaired) electrons. The molecule has 1 unspecified atom stereocenters. The van der Waals surface area contributed by atoms with Gasteiger partial charge >= 0.3 is 0 Å². The van der Waals surface area contributed by atoms with Gasteiger partial charge in [0, 0.05) is 43.2 Å². The summed E-state index contributed by atoms with van der Waals surface area (Å²) >= 11 is 0. The van der Waals surface area contributed by atoms with Gasteiger partial charge in [0.05, 0.1) is 11.8 Å². The Balaban J connectivity index is 1.55. The monoisotopic (exact) mass is 377 g/mol. The van der Waals surface area contributed by atoms with Crippen LogP contribution in [0, 0.1) is 0 Å². The summed E-state index contributed by atoms with van der Waals surface area (Å²) in [5, 5.41) is 14.3. The molecule has 1 N–H and O–H groups in total. The fourth-order valence-electron chi connectivity index (χ4n) is 3.46. The molecule has 1 aliphatic heterocycles. The predicted molar refractivity (Wildman–Crippen MR) is 105 cm³/mol. The highest BCUT2D eigenvalue weighted by Gasteiger charge is 2.24. The Hall–Kier alpha value is -3.12. The van der Waals surface area contributed by atoms with E-state index in [1.807, 2.05) is 48.7 Å². The first-order valence-corrected chi connectivity index (χ1v) is 9.48. The van der Waals surface area contributed by atoms with Gasteiger partial charge in [-0.3, -0.25) is 4.79 Å². The van der Waals surface area contributed by atoms with Crippen LogP contribution in [-0.2, 0) is 11.3 Å². The van der Waals surface area contributed by atoms with Gasteiger partial charge in [-0.05, 0) is 49.2 Å². The van der Waals surface area contributed by atoms with Gasteiger partial charge in [0.1, 0.15) is 5.75 Å². The molecule has 0 aliphatic carbocycles. The number of hydrogen-bond donors (Lipinski definition) is 1. The maximum absolute atomic E-state index is 13.2. The van der Waals surface area contributed by atoms with E-state index in [4.69, 9.17) is 4.74 Å². The number of ether oxygens (including phenoxy) is 1. The van der Waals surface area contributed by atoms with Crippen molar-refractivity contribution in [3.63, 3.8) is 0 Å². The van der Waals surface area contributed by atoms with Gasteiger partial charge in [-0.25, -0.2) is 4.68 Å². The second-order valence-corrected chi connectivity index (χ2v) is 6.95. The van der Waals surface area contributed by atoms with Crippen molar-refractivity contribution in [2.45, 2.75) is 25.5 Å². The first-order valence-electron chi connectivity index (χ1n) is 9.48. The van der Waals surface area contributed by atoms with Crippen LogP contribution in [0.15, 0.2) is 67.0 Å². The van der Waals surface area contributed by atoms with Crippen molar-refractivity contribution in [1.29, 1.82) is 0 Å². The van der Waals surface area contributed by atoms with E-state index in [0.29, 0.717) is 18.7 Å². The molecule has 0 bridgehead atoms. The predicted octanol–water partition coefficient (Wildman–Crippen LogP) is 3.40. The number of para-hydroxylation sites is 1. The van der Waals surface area contributed by atoms with Crippen molar-refractivity contribution in [3.05, 3.63) is 78.1 Å². The summed E-state index contributed by atoms with van der Waals surface area (Å²) in [6.07, 6.45) is 5.58. The Labute approximate surface area is 164 Å². The highest BCUT2D eigenvalue weighted by atomic mass is 16.5. The summed E-state index contributed by atoms with van der Waals surface area (Å²) in [4.78, 5) is 15.0. The molecule has 1 aromatic heterocycles. The molecule has 144 valence electrons. The molecular weight excluding hydrogens is 354 g/mol. The molecule has 1 atom stereocenters. The molecule has 6 heteroatoms. The zero-order valence-corrected chi connectivity index (χ0v) is 15.6. The molecular formula is C22H23N3O3. The molecule has 0 spiro atoms. The highest BCUT2D eigenvalue weighted by molar-refractivity contribution is 5.94. The van der Waals surface area contributed by atoms with Gasteiger partial charge in [0.2, 0.25) is 0 Å². The van der Waals surface area contributed by atoms with Crippen LogP contribution < -0.4 is 0 Å². The molecule has 1 amide bonds. The van der Waals surface area contributed by atoms with Gasteiger partial charge < -0.3 is 14.7 Å². The van der Waals surface area contributed by atoms with E-state index in [1.54, 1.807) is 27.9 Å². The first kappa shape index (κ1) is 18.3. The fourth-order valence-corrected chi connectivity index (χ4v) is 3.46. The average molecular weight is 377 g/mol. The number of phenols is 1. The van der Waals surface area contributed by atoms with E-state index in [-0.39, 0.29) is 17.8 Å². The third-order valence-electron chi connectivity index (χ3n) is 4.97. The standard InChI is InChI=1S/C22H23N3O3/c26-21-7-2-1-5-18(21)15-24(16-20-6-3-14-28-20)22(27)17-8-10-19(11-9-17)25-13-4-12-23-25/h1-2,4-5,7-13,20,26H,3,6,14-16H2. The van der Waals surface area contributed by atoms with Gasteiger partial charge in [-0.1, -0.05) is 18.2 Å². The SMILES string of the molecule is O=C(c1ccc(-n2cccn2)cc1)N(Cc1ccccc1O)CC1CCCO1. The minimum absolute atomic E-state index is 0.0400. The largest absolute Gasteiger partial charge is 0.508 e. The van der Waals surface area contributed by atoms with Crippen LogP contribution in [0.1, 0.15) is 28.8 Å². The third-order valence-corrected chi connectivity index (χ3v) is 4.97. The van der Waals surface area contributed by atoms with Crippen LogP contribution in [0.5, 0.6) is 5.75 Å². The number of carbonyl (C=O) groups is 1. The van der Waals surface area contributed by atoms with E-state index in [1.165, 1.54) is 0 Å². The normalized spacial score (nSPS) is 16.2. The lowest BCUT2D eigenvalue weighted by Crippen LogP contribution is -2.37. The zero-order valence-electron chi connectivity index (χ0n) is 15.6. The quantitative estimate of drug-likeness (QED) is 0.715. The summed E-state index contributed by atoms with van der Waals surface area (Å²) in [6, 6.07) is 16.4. The van der Waals surface area contributed by atoms with Gasteiger partial charge in [0.25, 0.3) is 5.91 Å². The molecule has 4 rings (SSSR count). The molecule has 2 heterocycles. The van der Waals surface area contributed by atoms with Crippen LogP contribution in [0.2, 0.25) is 0 Å². The van der Waals surface area contributed by atoms with Crippen molar-refractivity contribution in [2.24, 2.45) is 0 Å². The van der Waals surface area contributed by atoms with Crippen LogP contribution in [0.3, 0.4) is 0 Å². The molecule has 1 fully saturated rings. The molecule has 1 saturated heterocycles. The summed E-state index contributed by atoms with van der Waals surface area (Å²) in [6.45, 7) is 1.59. The lowest BCUT2D eigenvalue weighted by molar-refractivity contribution is 0.0506. The Morgan fingerprint density at radius 3 is 2.68 bits per heavy atom.